The molecule has 1 aliphatic rings. The van der Waals surface area contributed by atoms with E-state index in [4.69, 9.17) is 5.11 Å². The molecule has 4 nitrogen and oxygen atoms in total. The van der Waals surface area contributed by atoms with Crippen molar-refractivity contribution in [3.8, 4) is 0 Å². The molecule has 0 aliphatic heterocycles. The van der Waals surface area contributed by atoms with Crippen molar-refractivity contribution in [1.82, 2.24) is 5.32 Å². The van der Waals surface area contributed by atoms with E-state index in [1.807, 2.05) is 6.92 Å². The lowest BCUT2D eigenvalue weighted by atomic mass is 9.89. The van der Waals surface area contributed by atoms with Gasteiger partial charge in [0.2, 0.25) is 5.91 Å². The SMILES string of the molecule is CC(CC1CC1)NC(=O)CC(C)(C)C(=O)O. The van der Waals surface area contributed by atoms with Gasteiger partial charge in [-0.1, -0.05) is 12.8 Å². The van der Waals surface area contributed by atoms with E-state index in [-0.39, 0.29) is 18.4 Å². The van der Waals surface area contributed by atoms with Gasteiger partial charge in [0.1, 0.15) is 0 Å². The first kappa shape index (κ1) is 13.0. The second kappa shape index (κ2) is 4.85. The number of amides is 1. The highest BCUT2D eigenvalue weighted by molar-refractivity contribution is 5.84. The summed E-state index contributed by atoms with van der Waals surface area (Å²) in [5.74, 6) is -0.333. The molecule has 0 aromatic rings. The third-order valence-corrected chi connectivity index (χ3v) is 2.97. The van der Waals surface area contributed by atoms with Crippen LogP contribution in [0.1, 0.15) is 46.5 Å². The van der Waals surface area contributed by atoms with Gasteiger partial charge in [0.05, 0.1) is 5.41 Å². The lowest BCUT2D eigenvalue weighted by molar-refractivity contribution is -0.149. The molecule has 0 heterocycles. The Labute approximate surface area is 96.4 Å². The summed E-state index contributed by atoms with van der Waals surface area (Å²) >= 11 is 0. The van der Waals surface area contributed by atoms with E-state index in [0.717, 1.165) is 12.3 Å². The molecule has 1 aliphatic carbocycles. The molecule has 0 aromatic carbocycles. The van der Waals surface area contributed by atoms with Crippen LogP contribution in [-0.4, -0.2) is 23.0 Å². The van der Waals surface area contributed by atoms with Crippen LogP contribution in [0.4, 0.5) is 0 Å². The fourth-order valence-corrected chi connectivity index (χ4v) is 1.72. The third kappa shape index (κ3) is 4.21. The minimum atomic E-state index is -0.983. The second-order valence-electron chi connectivity index (χ2n) is 5.51. The molecular formula is C12H21NO3. The molecule has 1 rings (SSSR count). The van der Waals surface area contributed by atoms with Crippen molar-refractivity contribution in [1.29, 1.82) is 0 Å². The molecule has 1 fully saturated rings. The molecule has 1 saturated carbocycles. The monoisotopic (exact) mass is 227 g/mol. The standard InChI is InChI=1S/C12H21NO3/c1-8(6-9-4-5-9)13-10(14)7-12(2,3)11(15)16/h8-9H,4-7H2,1-3H3,(H,13,14)(H,15,16). The zero-order valence-electron chi connectivity index (χ0n) is 10.2. The van der Waals surface area contributed by atoms with Gasteiger partial charge < -0.3 is 10.4 Å². The first-order valence-corrected chi connectivity index (χ1v) is 5.84. The van der Waals surface area contributed by atoms with E-state index in [1.165, 1.54) is 12.8 Å². The van der Waals surface area contributed by atoms with Gasteiger partial charge in [0.15, 0.2) is 0 Å². The van der Waals surface area contributed by atoms with Crippen LogP contribution in [0.15, 0.2) is 0 Å². The first-order valence-electron chi connectivity index (χ1n) is 5.84. The Hall–Kier alpha value is -1.06. The molecule has 16 heavy (non-hydrogen) atoms. The molecule has 92 valence electrons. The van der Waals surface area contributed by atoms with Gasteiger partial charge in [0.25, 0.3) is 0 Å². The molecule has 0 saturated heterocycles. The van der Waals surface area contributed by atoms with E-state index >= 15 is 0 Å². The first-order chi connectivity index (χ1) is 7.31. The summed E-state index contributed by atoms with van der Waals surface area (Å²) in [6.45, 7) is 5.12. The number of aliphatic carboxylic acids is 1. The van der Waals surface area contributed by atoms with E-state index in [2.05, 4.69) is 5.32 Å². The van der Waals surface area contributed by atoms with Crippen molar-refractivity contribution in [2.45, 2.75) is 52.5 Å². The molecule has 0 bridgehead atoms. The minimum absolute atomic E-state index is 0.0390. The highest BCUT2D eigenvalue weighted by Gasteiger charge is 2.31. The number of carboxylic acids is 1. The number of carboxylic acid groups (broad SMARTS) is 1. The molecule has 0 spiro atoms. The lowest BCUT2D eigenvalue weighted by Gasteiger charge is -2.20. The maximum atomic E-state index is 11.6. The van der Waals surface area contributed by atoms with Gasteiger partial charge in [-0.2, -0.15) is 0 Å². The summed E-state index contributed by atoms with van der Waals surface area (Å²) in [4.78, 5) is 22.5. The molecule has 4 heteroatoms. The Morgan fingerprint density at radius 1 is 1.44 bits per heavy atom. The fraction of sp³-hybridized carbons (Fsp3) is 0.833. The number of hydrogen-bond acceptors (Lipinski definition) is 2. The summed E-state index contributed by atoms with van der Waals surface area (Å²) < 4.78 is 0. The number of hydrogen-bond donors (Lipinski definition) is 2. The zero-order chi connectivity index (χ0) is 12.3. The van der Waals surface area contributed by atoms with Crippen LogP contribution in [0.25, 0.3) is 0 Å². The molecule has 0 radical (unpaired) electrons. The van der Waals surface area contributed by atoms with E-state index in [9.17, 15) is 9.59 Å². The Kier molecular flexibility index (Phi) is 3.94. The highest BCUT2D eigenvalue weighted by atomic mass is 16.4. The fourth-order valence-electron chi connectivity index (χ4n) is 1.72. The quantitative estimate of drug-likeness (QED) is 0.727. The normalized spacial score (nSPS) is 17.9. The van der Waals surface area contributed by atoms with Gasteiger partial charge >= 0.3 is 5.97 Å². The van der Waals surface area contributed by atoms with Crippen molar-refractivity contribution in [3.05, 3.63) is 0 Å². The summed E-state index contributed by atoms with van der Waals surface area (Å²) in [6.07, 6.45) is 3.58. The van der Waals surface area contributed by atoms with Crippen LogP contribution in [0.5, 0.6) is 0 Å². The topological polar surface area (TPSA) is 66.4 Å². The molecule has 1 atom stereocenters. The van der Waals surface area contributed by atoms with Gasteiger partial charge in [0, 0.05) is 12.5 Å². The average Bonchev–Trinajstić information content (AvgIpc) is 2.85. The number of rotatable bonds is 6. The Morgan fingerprint density at radius 2 is 2.00 bits per heavy atom. The maximum absolute atomic E-state index is 11.6. The van der Waals surface area contributed by atoms with Gasteiger partial charge in [-0.05, 0) is 33.1 Å². The third-order valence-electron chi connectivity index (χ3n) is 2.97. The Morgan fingerprint density at radius 3 is 2.44 bits per heavy atom. The van der Waals surface area contributed by atoms with Gasteiger partial charge in [-0.25, -0.2) is 0 Å². The van der Waals surface area contributed by atoms with Gasteiger partial charge in [-0.3, -0.25) is 9.59 Å². The van der Waals surface area contributed by atoms with Crippen LogP contribution in [0, 0.1) is 11.3 Å². The zero-order valence-corrected chi connectivity index (χ0v) is 10.2. The van der Waals surface area contributed by atoms with Crippen molar-refractivity contribution < 1.29 is 14.7 Å². The van der Waals surface area contributed by atoms with Crippen molar-refractivity contribution >= 4 is 11.9 Å². The van der Waals surface area contributed by atoms with Crippen LogP contribution in [0.2, 0.25) is 0 Å². The van der Waals surface area contributed by atoms with E-state index in [0.29, 0.717) is 0 Å². The molecular weight excluding hydrogens is 206 g/mol. The largest absolute Gasteiger partial charge is 0.481 e. The van der Waals surface area contributed by atoms with Crippen LogP contribution in [0.3, 0.4) is 0 Å². The summed E-state index contributed by atoms with van der Waals surface area (Å²) in [6, 6.07) is 0.157. The maximum Gasteiger partial charge on any atom is 0.309 e. The van der Waals surface area contributed by atoms with Crippen molar-refractivity contribution in [3.63, 3.8) is 0 Å². The Bertz CT molecular complexity index is 282. The van der Waals surface area contributed by atoms with E-state index < -0.39 is 11.4 Å². The smallest absolute Gasteiger partial charge is 0.309 e. The highest BCUT2D eigenvalue weighted by Crippen LogP contribution is 2.33. The summed E-state index contributed by atoms with van der Waals surface area (Å²) in [5.41, 5.74) is -0.983. The van der Waals surface area contributed by atoms with Crippen LogP contribution in [-0.2, 0) is 9.59 Å². The van der Waals surface area contributed by atoms with Crippen molar-refractivity contribution in [2.24, 2.45) is 11.3 Å². The molecule has 0 aromatic heterocycles. The summed E-state index contributed by atoms with van der Waals surface area (Å²) in [5, 5.41) is 11.8. The Balaban J connectivity index is 2.31. The van der Waals surface area contributed by atoms with Crippen molar-refractivity contribution in [2.75, 3.05) is 0 Å². The summed E-state index contributed by atoms with van der Waals surface area (Å²) in [7, 11) is 0. The predicted octanol–water partition coefficient (Wildman–Crippen LogP) is 1.79. The number of nitrogens with one attached hydrogen (secondary N) is 1. The van der Waals surface area contributed by atoms with Gasteiger partial charge in [-0.15, -0.1) is 0 Å². The second-order valence-corrected chi connectivity index (χ2v) is 5.51. The molecule has 1 amide bonds. The lowest BCUT2D eigenvalue weighted by Crippen LogP contribution is -2.37. The number of carbonyl (C=O) groups is 2. The minimum Gasteiger partial charge on any atom is -0.481 e. The van der Waals surface area contributed by atoms with Crippen LogP contribution >= 0.6 is 0 Å². The number of carbonyl (C=O) groups excluding carboxylic acids is 1. The average molecular weight is 227 g/mol. The molecule has 1 unspecified atom stereocenters. The van der Waals surface area contributed by atoms with Crippen LogP contribution < -0.4 is 5.32 Å². The molecule has 2 N–H and O–H groups in total. The van der Waals surface area contributed by atoms with E-state index in [1.54, 1.807) is 13.8 Å². The predicted molar refractivity (Wildman–Crippen MR) is 61.0 cm³/mol.